The zero-order valence-corrected chi connectivity index (χ0v) is 30.7. The number of benzene rings is 3. The Kier molecular flexibility index (Phi) is 13.0. The molecule has 1 heterocycles. The van der Waals surface area contributed by atoms with Crippen LogP contribution in [0, 0.1) is 0 Å². The van der Waals surface area contributed by atoms with Crippen LogP contribution in [0.4, 0.5) is 5.69 Å². The van der Waals surface area contributed by atoms with Crippen LogP contribution in [0.15, 0.2) is 68.8 Å². The summed E-state index contributed by atoms with van der Waals surface area (Å²) in [7, 11) is -14.1. The van der Waals surface area contributed by atoms with Gasteiger partial charge >= 0.3 is 7.82 Å². The first-order valence-electron chi connectivity index (χ1n) is 15.9. The minimum absolute atomic E-state index is 0.0372. The summed E-state index contributed by atoms with van der Waals surface area (Å²) in [4.78, 5) is 10.6. The van der Waals surface area contributed by atoms with Gasteiger partial charge in [0.1, 0.15) is 35.4 Å². The third kappa shape index (κ3) is 9.16. The highest BCUT2D eigenvalue weighted by Crippen LogP contribution is 2.44. The molecule has 0 aromatic heterocycles. The molecule has 2 aromatic rings. The Morgan fingerprint density at radius 2 is 1.62 bits per heavy atom. The Bertz CT molecular complexity index is 2130. The summed E-state index contributed by atoms with van der Waals surface area (Å²) in [5, 5.41) is 19.5. The van der Waals surface area contributed by atoms with Gasteiger partial charge < -0.3 is 24.4 Å². The molecule has 18 heteroatoms. The van der Waals surface area contributed by atoms with Crippen molar-refractivity contribution in [1.82, 2.24) is 9.30 Å². The van der Waals surface area contributed by atoms with Crippen molar-refractivity contribution in [1.29, 1.82) is 0 Å². The smallest absolute Gasteiger partial charge is 0.456 e. The summed E-state index contributed by atoms with van der Waals surface area (Å²) >= 11 is 0. The lowest BCUT2D eigenvalue weighted by molar-refractivity contribution is 0.0366. The SMILES string of the molecule is CCN(CC)c1ccc2c(-c3ccc(S(=O)(=O)NCCOP(=O)(O)OC[C@H](O)CO)cc3S(=O)(=O)O)c3ccc(=[N+](CC)CC)cc-3oc2c1. The topological polar surface area (TPSA) is 216 Å². The number of sulfonamides is 1. The van der Waals surface area contributed by atoms with E-state index < -0.39 is 70.2 Å². The number of nitrogens with one attached hydrogen (secondary N) is 1. The number of hydrogen-bond donors (Lipinski definition) is 5. The molecule has 0 saturated heterocycles. The standard InChI is InChI=1S/C32H42N3O12PS2/c1-5-34(6-2)22-9-12-26-29(17-22)47-30-18-23(35(7-3)8-4)10-13-27(30)32(26)28-14-11-25(19-31(28)50(42,43)44)49(40,41)33-15-16-45-48(38,39)46-21-24(37)20-36/h9-14,17-19,24,33,36-37H,5-8,15-16,20-21H2,1-4H3,(H-,38,39,42,43,44)/p+1/t24-/m1/s1. The van der Waals surface area contributed by atoms with Crippen LogP contribution >= 0.6 is 7.82 Å². The van der Waals surface area contributed by atoms with E-state index in [4.69, 9.17) is 9.52 Å². The number of aliphatic hydroxyl groups excluding tert-OH is 2. The van der Waals surface area contributed by atoms with Gasteiger partial charge in [-0.15, -0.1) is 0 Å². The number of fused-ring (bicyclic) bond motifs is 2. The lowest BCUT2D eigenvalue weighted by Crippen LogP contribution is -2.29. The van der Waals surface area contributed by atoms with Crippen LogP contribution in [0.1, 0.15) is 27.7 Å². The van der Waals surface area contributed by atoms with Crippen LogP contribution < -0.4 is 19.6 Å². The van der Waals surface area contributed by atoms with Crippen molar-refractivity contribution in [2.75, 3.05) is 57.4 Å². The van der Waals surface area contributed by atoms with Gasteiger partial charge in [-0.25, -0.2) is 22.3 Å². The molecule has 50 heavy (non-hydrogen) atoms. The molecule has 0 radical (unpaired) electrons. The largest absolute Gasteiger partial charge is 0.472 e. The molecule has 0 spiro atoms. The van der Waals surface area contributed by atoms with Crippen LogP contribution in [0.2, 0.25) is 0 Å². The fourth-order valence-corrected chi connectivity index (χ4v) is 8.10. The molecule has 0 saturated carbocycles. The number of rotatable bonds is 17. The van der Waals surface area contributed by atoms with Gasteiger partial charge in [0.05, 0.1) is 30.8 Å². The summed E-state index contributed by atoms with van der Waals surface area (Å²) < 4.78 is 94.5. The van der Waals surface area contributed by atoms with Crippen molar-refractivity contribution >= 4 is 44.6 Å². The second kappa shape index (κ2) is 16.4. The molecular weight excluding hydrogens is 713 g/mol. The van der Waals surface area contributed by atoms with E-state index in [9.17, 15) is 36.0 Å². The minimum Gasteiger partial charge on any atom is -0.456 e. The molecule has 4 rings (SSSR count). The first kappa shape index (κ1) is 39.6. The predicted octanol–water partition coefficient (Wildman–Crippen LogP) is 2.87. The van der Waals surface area contributed by atoms with E-state index in [1.165, 1.54) is 12.1 Å². The van der Waals surface area contributed by atoms with Crippen LogP contribution in [0.3, 0.4) is 0 Å². The predicted molar refractivity (Wildman–Crippen MR) is 188 cm³/mol. The lowest BCUT2D eigenvalue weighted by Gasteiger charge is -2.22. The maximum Gasteiger partial charge on any atom is 0.472 e. The molecule has 1 unspecified atom stereocenters. The van der Waals surface area contributed by atoms with E-state index in [0.29, 0.717) is 27.9 Å². The lowest BCUT2D eigenvalue weighted by atomic mass is 9.93. The molecule has 2 atom stereocenters. The number of nitrogens with zero attached hydrogens (tertiary/aromatic N) is 2. The number of phosphoric acid groups is 1. The molecule has 15 nitrogen and oxygen atoms in total. The monoisotopic (exact) mass is 756 g/mol. The van der Waals surface area contributed by atoms with Crippen molar-refractivity contribution in [3.8, 4) is 22.5 Å². The normalized spacial score (nSPS) is 14.2. The fraction of sp³-hybridized carbons (Fsp3) is 0.406. The van der Waals surface area contributed by atoms with Gasteiger partial charge in [-0.2, -0.15) is 8.42 Å². The van der Waals surface area contributed by atoms with E-state index in [0.717, 1.165) is 43.3 Å². The Balaban J connectivity index is 1.82. The van der Waals surface area contributed by atoms with Gasteiger partial charge in [-0.3, -0.25) is 13.6 Å². The maximum atomic E-state index is 13.2. The van der Waals surface area contributed by atoms with E-state index >= 15 is 0 Å². The molecule has 274 valence electrons. The summed E-state index contributed by atoms with van der Waals surface area (Å²) in [6.45, 7) is 8.45. The highest BCUT2D eigenvalue weighted by Gasteiger charge is 2.28. The highest BCUT2D eigenvalue weighted by atomic mass is 32.2. The number of hydrogen-bond acceptors (Lipinski definition) is 11. The number of aliphatic hydroxyl groups is 2. The van der Waals surface area contributed by atoms with Crippen LogP contribution in [0.25, 0.3) is 33.4 Å². The van der Waals surface area contributed by atoms with Crippen molar-refractivity contribution in [2.24, 2.45) is 0 Å². The van der Waals surface area contributed by atoms with Gasteiger partial charge in [0, 0.05) is 59.5 Å². The van der Waals surface area contributed by atoms with E-state index in [1.807, 2.05) is 52.0 Å². The fourth-order valence-electron chi connectivity index (χ4n) is 5.51. The summed E-state index contributed by atoms with van der Waals surface area (Å²) in [6.07, 6.45) is -1.42. The summed E-state index contributed by atoms with van der Waals surface area (Å²) in [6, 6.07) is 14.4. The molecule has 2 aromatic carbocycles. The summed E-state index contributed by atoms with van der Waals surface area (Å²) in [5.41, 5.74) is 2.30. The molecule has 1 aliphatic carbocycles. The maximum absolute atomic E-state index is 13.2. The zero-order valence-electron chi connectivity index (χ0n) is 28.1. The first-order valence-corrected chi connectivity index (χ1v) is 20.4. The highest BCUT2D eigenvalue weighted by molar-refractivity contribution is 7.89. The Morgan fingerprint density at radius 1 is 0.940 bits per heavy atom. The van der Waals surface area contributed by atoms with Gasteiger partial charge in [0.25, 0.3) is 10.1 Å². The van der Waals surface area contributed by atoms with Crippen LogP contribution in [0.5, 0.6) is 0 Å². The van der Waals surface area contributed by atoms with Gasteiger partial charge in [-0.05, 0) is 58.0 Å². The average molecular weight is 757 g/mol. The van der Waals surface area contributed by atoms with Gasteiger partial charge in [-0.1, -0.05) is 6.07 Å². The van der Waals surface area contributed by atoms with Crippen LogP contribution in [-0.4, -0.2) is 95.1 Å². The Labute approximate surface area is 291 Å². The second-order valence-corrected chi connectivity index (χ2v) is 15.8. The third-order valence-electron chi connectivity index (χ3n) is 8.05. The molecule has 0 amide bonds. The Hall–Kier alpha value is -3.22. The van der Waals surface area contributed by atoms with Gasteiger partial charge in [0.15, 0.2) is 0 Å². The quantitative estimate of drug-likeness (QED) is 0.0345. The van der Waals surface area contributed by atoms with Crippen molar-refractivity contribution in [3.05, 3.63) is 60.0 Å². The molecule has 2 aliphatic rings. The van der Waals surface area contributed by atoms with Crippen molar-refractivity contribution < 1.29 is 54.5 Å². The molecular formula is C32H43N3O12PS2+. The molecule has 0 fully saturated rings. The molecule has 1 aliphatic heterocycles. The summed E-state index contributed by atoms with van der Waals surface area (Å²) in [5.74, 6) is 0.448. The van der Waals surface area contributed by atoms with Crippen molar-refractivity contribution in [2.45, 2.75) is 43.6 Å². The zero-order chi connectivity index (χ0) is 36.9. The van der Waals surface area contributed by atoms with Crippen molar-refractivity contribution in [3.63, 3.8) is 0 Å². The third-order valence-corrected chi connectivity index (χ3v) is 11.4. The van der Waals surface area contributed by atoms with E-state index in [-0.39, 0.29) is 5.56 Å². The molecule has 0 bridgehead atoms. The second-order valence-electron chi connectivity index (χ2n) is 11.1. The van der Waals surface area contributed by atoms with E-state index in [2.05, 4.69) is 23.2 Å². The average Bonchev–Trinajstić information content (AvgIpc) is 3.08. The first-order chi connectivity index (χ1) is 23.6. The molecule has 5 N–H and O–H groups in total. The van der Waals surface area contributed by atoms with Crippen LogP contribution in [-0.2, 0) is 33.8 Å². The number of anilines is 1. The van der Waals surface area contributed by atoms with E-state index in [1.54, 1.807) is 12.1 Å². The Morgan fingerprint density at radius 3 is 2.24 bits per heavy atom. The van der Waals surface area contributed by atoms with Gasteiger partial charge in [0.2, 0.25) is 15.4 Å². The minimum atomic E-state index is -5.01. The number of phosphoric ester groups is 1.